The second-order valence-corrected chi connectivity index (χ2v) is 14.6. The number of imide groups is 1. The molecule has 0 aliphatic carbocycles. The van der Waals surface area contributed by atoms with Crippen LogP contribution >= 0.6 is 0 Å². The van der Waals surface area contributed by atoms with Gasteiger partial charge in [0.2, 0.25) is 0 Å². The number of nitrogens with zero attached hydrogens (tertiary/aromatic N) is 3. The highest BCUT2D eigenvalue weighted by molar-refractivity contribution is 7.92. The summed E-state index contributed by atoms with van der Waals surface area (Å²) in [7, 11) is -5.71. The van der Waals surface area contributed by atoms with Crippen LogP contribution in [0.2, 0.25) is 0 Å². The van der Waals surface area contributed by atoms with E-state index in [1.807, 2.05) is 0 Å². The predicted octanol–water partition coefficient (Wildman–Crippen LogP) is 5.69. The molecular weight excluding hydrogens is 754 g/mol. The fourth-order valence-electron chi connectivity index (χ4n) is 6.33. The third-order valence-corrected chi connectivity index (χ3v) is 10.9. The molecule has 0 radical (unpaired) electrons. The van der Waals surface area contributed by atoms with Crippen LogP contribution in [-0.2, 0) is 14.6 Å². The molecule has 0 spiro atoms. The van der Waals surface area contributed by atoms with Crippen LogP contribution in [0.1, 0.15) is 57.5 Å². The van der Waals surface area contributed by atoms with Crippen molar-refractivity contribution in [3.8, 4) is 0 Å². The quantitative estimate of drug-likeness (QED) is 0.0776. The van der Waals surface area contributed by atoms with E-state index in [9.17, 15) is 40.8 Å². The number of carbonyl (C=O) groups is 4. The number of amides is 5. The van der Waals surface area contributed by atoms with Crippen LogP contribution in [0.15, 0.2) is 126 Å². The van der Waals surface area contributed by atoms with Gasteiger partial charge >= 0.3 is 11.5 Å². The largest absolute Gasteiger partial charge is 0.501 e. The minimum Gasteiger partial charge on any atom is -0.322 e. The molecule has 2 aromatic heterocycles. The molecule has 6 rings (SSSR count). The first-order chi connectivity index (χ1) is 26.6. The molecule has 1 saturated heterocycles. The number of aromatic nitrogens is 2. The highest BCUT2D eigenvalue weighted by Gasteiger charge is 2.59. The van der Waals surface area contributed by atoms with Crippen LogP contribution in [0.4, 0.5) is 35.3 Å². The van der Waals surface area contributed by atoms with E-state index in [1.54, 1.807) is 98.8 Å². The Bertz CT molecular complexity index is 2280. The number of hydrogen-bond donors (Lipinski definition) is 5. The summed E-state index contributed by atoms with van der Waals surface area (Å²) >= 11 is 0. The van der Waals surface area contributed by atoms with Crippen LogP contribution in [0.25, 0.3) is 0 Å². The number of halogens is 3. The van der Waals surface area contributed by atoms with Gasteiger partial charge in [-0.1, -0.05) is 50.2 Å². The van der Waals surface area contributed by atoms with Crippen LogP contribution in [-0.4, -0.2) is 53.2 Å². The number of nitrogens with one attached hydrogen (secondary N) is 5. The fourth-order valence-corrected chi connectivity index (χ4v) is 7.09. The highest BCUT2D eigenvalue weighted by atomic mass is 32.2. The number of anilines is 3. The molecule has 1 fully saturated rings. The lowest BCUT2D eigenvalue weighted by Gasteiger charge is -2.39. The molecule has 2 unspecified atom stereocenters. The third kappa shape index (κ3) is 7.58. The van der Waals surface area contributed by atoms with Gasteiger partial charge in [0.15, 0.2) is 0 Å². The van der Waals surface area contributed by atoms with E-state index in [0.717, 1.165) is 17.0 Å². The first-order valence-corrected chi connectivity index (χ1v) is 18.3. The zero-order valence-corrected chi connectivity index (χ0v) is 30.4. The lowest BCUT2D eigenvalue weighted by Crippen LogP contribution is -2.55. The molecule has 0 bridgehead atoms. The van der Waals surface area contributed by atoms with Crippen molar-refractivity contribution in [1.82, 2.24) is 26.1 Å². The Hall–Kier alpha value is -6.82. The Balaban J connectivity index is 1.34. The number of sulfone groups is 1. The molecule has 3 heterocycles. The van der Waals surface area contributed by atoms with Crippen molar-refractivity contribution in [3.05, 3.63) is 144 Å². The van der Waals surface area contributed by atoms with Crippen molar-refractivity contribution in [2.45, 2.75) is 41.6 Å². The molecule has 5 amide bonds. The Morgan fingerprint density at radius 1 is 0.714 bits per heavy atom. The van der Waals surface area contributed by atoms with Crippen molar-refractivity contribution in [2.75, 3.05) is 15.8 Å². The smallest absolute Gasteiger partial charge is 0.322 e. The zero-order chi connectivity index (χ0) is 40.3. The van der Waals surface area contributed by atoms with Crippen molar-refractivity contribution < 1.29 is 40.8 Å². The second kappa shape index (κ2) is 15.5. The molecule has 14 nitrogen and oxygen atoms in total. The molecule has 2 atom stereocenters. The first-order valence-electron chi connectivity index (χ1n) is 16.9. The van der Waals surface area contributed by atoms with Gasteiger partial charge in [-0.05, 0) is 83.9 Å². The lowest BCUT2D eigenvalue weighted by molar-refractivity contribution is -0.123. The maximum absolute atomic E-state index is 14.8. The van der Waals surface area contributed by atoms with E-state index in [4.69, 9.17) is 0 Å². The number of hydrazine groups is 2. The van der Waals surface area contributed by atoms with Gasteiger partial charge in [-0.15, -0.1) is 0 Å². The molecule has 288 valence electrons. The summed E-state index contributed by atoms with van der Waals surface area (Å²) in [4.78, 5) is 62.2. The molecule has 0 saturated carbocycles. The van der Waals surface area contributed by atoms with Crippen molar-refractivity contribution >= 4 is 50.9 Å². The van der Waals surface area contributed by atoms with Crippen molar-refractivity contribution in [3.63, 3.8) is 0 Å². The molecule has 1 aliphatic rings. The summed E-state index contributed by atoms with van der Waals surface area (Å²) in [6.45, 7) is 3.36. The first kappa shape index (κ1) is 38.9. The predicted molar refractivity (Wildman–Crippen MR) is 199 cm³/mol. The van der Waals surface area contributed by atoms with Gasteiger partial charge in [0.05, 0.1) is 10.6 Å². The van der Waals surface area contributed by atoms with Crippen LogP contribution < -0.4 is 31.9 Å². The monoisotopic (exact) mass is 786 g/mol. The lowest BCUT2D eigenvalue weighted by atomic mass is 9.70. The molecule has 1 aliphatic heterocycles. The number of urea groups is 1. The van der Waals surface area contributed by atoms with Gasteiger partial charge in [-0.25, -0.2) is 28.1 Å². The average molecular weight is 787 g/mol. The molecule has 5 aromatic rings. The molecule has 18 heteroatoms. The van der Waals surface area contributed by atoms with E-state index < -0.39 is 61.4 Å². The minimum atomic E-state index is -5.71. The summed E-state index contributed by atoms with van der Waals surface area (Å²) in [5.41, 5.74) is 4.80. The Kier molecular flexibility index (Phi) is 10.8. The second-order valence-electron chi connectivity index (χ2n) is 12.7. The number of benzene rings is 3. The van der Waals surface area contributed by atoms with Gasteiger partial charge in [0, 0.05) is 35.4 Å². The maximum Gasteiger partial charge on any atom is 0.501 e. The van der Waals surface area contributed by atoms with E-state index in [0.29, 0.717) is 34.4 Å². The number of alkyl halides is 3. The number of carbonyl (C=O) groups excluding carboxylic acids is 4. The van der Waals surface area contributed by atoms with Crippen molar-refractivity contribution in [1.29, 1.82) is 0 Å². The van der Waals surface area contributed by atoms with Gasteiger partial charge in [-0.3, -0.25) is 36.1 Å². The van der Waals surface area contributed by atoms with E-state index >= 15 is 0 Å². The Labute approximate surface area is 318 Å². The average Bonchev–Trinajstić information content (AvgIpc) is 3.48. The Morgan fingerprint density at radius 2 is 1.16 bits per heavy atom. The zero-order valence-electron chi connectivity index (χ0n) is 29.5. The summed E-state index contributed by atoms with van der Waals surface area (Å²) < 4.78 is 63.8. The Morgan fingerprint density at radius 3 is 1.59 bits per heavy atom. The van der Waals surface area contributed by atoms with Crippen LogP contribution in [0.5, 0.6) is 0 Å². The summed E-state index contributed by atoms with van der Waals surface area (Å²) in [6.07, 6.45) is 2.87. The molecule has 5 N–H and O–H groups in total. The summed E-state index contributed by atoms with van der Waals surface area (Å²) in [5.74, 6) is -3.02. The van der Waals surface area contributed by atoms with Gasteiger partial charge < -0.3 is 5.32 Å². The minimum absolute atomic E-state index is 0.184. The van der Waals surface area contributed by atoms with Gasteiger partial charge in [0.1, 0.15) is 17.2 Å². The fraction of sp³-hybridized carbons (Fsp3) is 0.158. The normalized spacial score (nSPS) is 16.7. The summed E-state index contributed by atoms with van der Waals surface area (Å²) in [6, 6.07) is 25.5. The highest BCUT2D eigenvalue weighted by Crippen LogP contribution is 2.45. The molecular formula is C38H33F3N8O6S. The van der Waals surface area contributed by atoms with E-state index in [1.165, 1.54) is 12.4 Å². The number of pyridine rings is 2. The number of rotatable bonds is 12. The SMILES string of the molecule is CC(c1ccnc(NNC(=O)c2ccccc2)c1)C1(C(C)c2ccnc(NNC(=O)c3ccccc3)c2)NC(=O)N(c2ccc(S(=O)(=O)C(F)(F)F)cc2)C1=O. The standard InChI is InChI=1S/C38H33F3N8O6S/c1-23(27-17-19-42-31(21-27)45-47-33(50)25-9-5-3-6-10-25)37(24(2)28-18-20-43-32(22-28)46-48-34(51)26-11-7-4-8-12-26)35(52)49(36(53)44-37)29-13-15-30(16-14-29)56(54,55)38(39,40)41/h3-24H,1-2H3,(H,42,45)(H,43,46)(H,44,53)(H,47,50)(H,48,51). The topological polar surface area (TPSA) is 192 Å². The molecule has 3 aromatic carbocycles. The van der Waals surface area contributed by atoms with Crippen LogP contribution in [0, 0.1) is 0 Å². The van der Waals surface area contributed by atoms with E-state index in [-0.39, 0.29) is 17.3 Å². The van der Waals surface area contributed by atoms with Crippen LogP contribution in [0.3, 0.4) is 0 Å². The summed E-state index contributed by atoms with van der Waals surface area (Å²) in [5, 5.41) is 2.83. The third-order valence-electron chi connectivity index (χ3n) is 9.40. The van der Waals surface area contributed by atoms with Gasteiger partial charge in [-0.2, -0.15) is 13.2 Å². The van der Waals surface area contributed by atoms with Gasteiger partial charge in [0.25, 0.3) is 27.6 Å². The maximum atomic E-state index is 14.8. The van der Waals surface area contributed by atoms with Crippen molar-refractivity contribution in [2.24, 2.45) is 0 Å². The molecule has 56 heavy (non-hydrogen) atoms. The van der Waals surface area contributed by atoms with E-state index in [2.05, 4.69) is 37.0 Å². The number of hydrogen-bond acceptors (Lipinski definition) is 10.